The number of halogens is 2. The summed E-state index contributed by atoms with van der Waals surface area (Å²) in [5.41, 5.74) is 3.74. The summed E-state index contributed by atoms with van der Waals surface area (Å²) in [5, 5.41) is 5.70. The van der Waals surface area contributed by atoms with E-state index in [4.69, 9.17) is 9.15 Å². The van der Waals surface area contributed by atoms with E-state index in [1.165, 1.54) is 12.1 Å². The molecule has 6 heteroatoms. The second-order valence-corrected chi connectivity index (χ2v) is 8.51. The summed E-state index contributed by atoms with van der Waals surface area (Å²) < 4.78 is 39.1. The van der Waals surface area contributed by atoms with Gasteiger partial charge in [0.25, 0.3) is 0 Å². The summed E-state index contributed by atoms with van der Waals surface area (Å²) in [6.07, 6.45) is 3.10. The maximum absolute atomic E-state index is 13.9. The summed E-state index contributed by atoms with van der Waals surface area (Å²) in [6.45, 7) is 1.52. The molecule has 0 saturated heterocycles. The van der Waals surface area contributed by atoms with E-state index in [-0.39, 0.29) is 12.1 Å². The predicted octanol–water partition coefficient (Wildman–Crippen LogP) is 7.26. The Morgan fingerprint density at radius 1 is 0.972 bits per heavy atom. The van der Waals surface area contributed by atoms with Gasteiger partial charge in [0.15, 0.2) is 0 Å². The number of rotatable bonds is 6. The Labute approximate surface area is 206 Å². The average Bonchev–Trinajstić information content (AvgIpc) is 3.30. The molecule has 0 radical (unpaired) electrons. The van der Waals surface area contributed by atoms with E-state index >= 15 is 0 Å². The van der Waals surface area contributed by atoms with E-state index in [2.05, 4.69) is 35.6 Å². The van der Waals surface area contributed by atoms with Gasteiger partial charge in [0.05, 0.1) is 13.4 Å². The van der Waals surface area contributed by atoms with E-state index in [9.17, 15) is 13.6 Å². The first-order valence-corrected chi connectivity index (χ1v) is 11.4. The molecule has 1 amide bonds. The van der Waals surface area contributed by atoms with Crippen LogP contribution in [0.5, 0.6) is 5.75 Å². The first kappa shape index (κ1) is 23.3. The van der Waals surface area contributed by atoms with Gasteiger partial charge in [-0.05, 0) is 53.1 Å². The number of ether oxygens (including phenoxy) is 1. The lowest BCUT2D eigenvalue weighted by molar-refractivity contribution is -0.116. The van der Waals surface area contributed by atoms with Crippen molar-refractivity contribution in [3.63, 3.8) is 0 Å². The van der Waals surface area contributed by atoms with Crippen LogP contribution >= 0.6 is 0 Å². The molecule has 4 nitrogen and oxygen atoms in total. The number of hydrogen-bond acceptors (Lipinski definition) is 3. The molecule has 4 aromatic carbocycles. The molecule has 0 saturated carbocycles. The number of carbonyl (C=O) groups excluding carboxylic acids is 1. The maximum atomic E-state index is 13.9. The third kappa shape index (κ3) is 4.45. The van der Waals surface area contributed by atoms with Gasteiger partial charge in [0.2, 0.25) is 5.91 Å². The number of amides is 1. The van der Waals surface area contributed by atoms with Gasteiger partial charge < -0.3 is 14.5 Å². The number of methoxy groups -OCH3 is 1. The van der Waals surface area contributed by atoms with Crippen LogP contribution in [0.15, 0.2) is 89.6 Å². The Balaban J connectivity index is 1.47. The number of nitrogens with one attached hydrogen (secondary N) is 1. The van der Waals surface area contributed by atoms with Crippen molar-refractivity contribution in [1.29, 1.82) is 0 Å². The van der Waals surface area contributed by atoms with Crippen LogP contribution in [-0.4, -0.2) is 13.0 Å². The van der Waals surface area contributed by atoms with Crippen molar-refractivity contribution in [3.8, 4) is 16.9 Å². The van der Waals surface area contributed by atoms with Crippen LogP contribution in [0.25, 0.3) is 38.4 Å². The maximum Gasteiger partial charge on any atom is 0.244 e. The van der Waals surface area contributed by atoms with Crippen LogP contribution in [0.2, 0.25) is 0 Å². The normalized spacial score (nSPS) is 11.7. The van der Waals surface area contributed by atoms with Gasteiger partial charge in [-0.2, -0.15) is 0 Å². The second-order valence-electron chi connectivity index (χ2n) is 8.51. The summed E-state index contributed by atoms with van der Waals surface area (Å²) in [7, 11) is 1.55. The molecule has 0 aliphatic rings. The van der Waals surface area contributed by atoms with Gasteiger partial charge >= 0.3 is 0 Å². The zero-order chi connectivity index (χ0) is 25.2. The summed E-state index contributed by atoms with van der Waals surface area (Å²) in [4.78, 5) is 12.6. The molecule has 1 N–H and O–H groups in total. The molecule has 5 rings (SSSR count). The molecular formula is C30H23F2NO3. The van der Waals surface area contributed by atoms with Gasteiger partial charge in [-0.3, -0.25) is 4.79 Å². The fraction of sp³-hybridized carbons (Fsp3) is 0.100. The average molecular weight is 484 g/mol. The third-order valence-corrected chi connectivity index (χ3v) is 6.23. The lowest BCUT2D eigenvalue weighted by Crippen LogP contribution is -2.22. The number of benzene rings is 4. The minimum Gasteiger partial charge on any atom is -0.496 e. The second kappa shape index (κ2) is 9.66. The van der Waals surface area contributed by atoms with Crippen LogP contribution < -0.4 is 10.1 Å². The molecule has 0 unspecified atom stereocenters. The highest BCUT2D eigenvalue weighted by atomic mass is 19.1. The standard InChI is InChI=1S/C30H23F2NO3/c1-18(12-30(34)33-16-24-26(31)8-5-9-27(24)32)22-14-23-25(17-36-29(23)15-28(22)35-2)21-11-10-19-6-3-4-7-20(19)13-21/h3-15,17H,16H2,1-2H3,(H,33,34)/b18-12+. The minimum atomic E-state index is -0.704. The first-order valence-electron chi connectivity index (χ1n) is 11.4. The number of hydrogen-bond donors (Lipinski definition) is 1. The van der Waals surface area contributed by atoms with E-state index in [0.29, 0.717) is 22.5 Å². The molecule has 36 heavy (non-hydrogen) atoms. The van der Waals surface area contributed by atoms with Crippen molar-refractivity contribution >= 4 is 33.2 Å². The fourth-order valence-electron chi connectivity index (χ4n) is 4.31. The zero-order valence-electron chi connectivity index (χ0n) is 19.8. The molecule has 0 fully saturated rings. The third-order valence-electron chi connectivity index (χ3n) is 6.23. The lowest BCUT2D eigenvalue weighted by atomic mass is 9.97. The molecule has 1 aromatic heterocycles. The van der Waals surface area contributed by atoms with Crippen molar-refractivity contribution in [2.45, 2.75) is 13.5 Å². The SMILES string of the molecule is COc1cc2occ(-c3ccc4ccccc4c3)c2cc1/C(C)=C/C(=O)NCc1c(F)cccc1F. The number of allylic oxidation sites excluding steroid dienone is 1. The number of fused-ring (bicyclic) bond motifs is 2. The fourth-order valence-corrected chi connectivity index (χ4v) is 4.31. The highest BCUT2D eigenvalue weighted by Crippen LogP contribution is 2.38. The van der Waals surface area contributed by atoms with Gasteiger partial charge in [0.1, 0.15) is 23.0 Å². The summed E-state index contributed by atoms with van der Waals surface area (Å²) >= 11 is 0. The molecule has 0 atom stereocenters. The molecule has 0 spiro atoms. The van der Waals surface area contributed by atoms with Gasteiger partial charge in [-0.15, -0.1) is 0 Å². The minimum absolute atomic E-state index is 0.186. The zero-order valence-corrected chi connectivity index (χ0v) is 19.8. The highest BCUT2D eigenvalue weighted by Gasteiger charge is 2.16. The molecule has 0 bridgehead atoms. The Morgan fingerprint density at radius 2 is 1.72 bits per heavy atom. The van der Waals surface area contributed by atoms with Crippen LogP contribution in [0.3, 0.4) is 0 Å². The van der Waals surface area contributed by atoms with Gasteiger partial charge in [0, 0.05) is 40.8 Å². The van der Waals surface area contributed by atoms with Crippen molar-refractivity contribution in [3.05, 3.63) is 108 Å². The van der Waals surface area contributed by atoms with E-state index in [1.54, 1.807) is 26.4 Å². The highest BCUT2D eigenvalue weighted by molar-refractivity contribution is 6.01. The van der Waals surface area contributed by atoms with E-state index in [0.717, 1.165) is 39.4 Å². The van der Waals surface area contributed by atoms with Gasteiger partial charge in [-0.25, -0.2) is 8.78 Å². The predicted molar refractivity (Wildman–Crippen MR) is 138 cm³/mol. The molecule has 0 aliphatic carbocycles. The van der Waals surface area contributed by atoms with Crippen molar-refractivity contribution in [2.75, 3.05) is 7.11 Å². The molecule has 5 aromatic rings. The molecule has 180 valence electrons. The first-order chi connectivity index (χ1) is 17.4. The Morgan fingerprint density at radius 3 is 2.47 bits per heavy atom. The molecule has 0 aliphatic heterocycles. The Hall–Kier alpha value is -4.45. The van der Waals surface area contributed by atoms with Crippen LogP contribution in [0, 0.1) is 11.6 Å². The van der Waals surface area contributed by atoms with Crippen molar-refractivity contribution in [1.82, 2.24) is 5.32 Å². The monoisotopic (exact) mass is 483 g/mol. The number of carbonyl (C=O) groups is 1. The summed E-state index contributed by atoms with van der Waals surface area (Å²) in [5.74, 6) is -1.34. The topological polar surface area (TPSA) is 51.5 Å². The van der Waals surface area contributed by atoms with Crippen molar-refractivity contribution in [2.24, 2.45) is 0 Å². The Kier molecular flexibility index (Phi) is 6.25. The molecular weight excluding hydrogens is 460 g/mol. The van der Waals surface area contributed by atoms with Crippen LogP contribution in [0.4, 0.5) is 8.78 Å². The van der Waals surface area contributed by atoms with Crippen molar-refractivity contribution < 1.29 is 22.7 Å². The quantitative estimate of drug-likeness (QED) is 0.259. The van der Waals surface area contributed by atoms with E-state index < -0.39 is 17.5 Å². The largest absolute Gasteiger partial charge is 0.496 e. The van der Waals surface area contributed by atoms with Crippen LogP contribution in [0.1, 0.15) is 18.1 Å². The summed E-state index contributed by atoms with van der Waals surface area (Å²) in [6, 6.07) is 21.7. The Bertz CT molecular complexity index is 1610. The lowest BCUT2D eigenvalue weighted by Gasteiger charge is -2.11. The van der Waals surface area contributed by atoms with E-state index in [1.807, 2.05) is 18.2 Å². The smallest absolute Gasteiger partial charge is 0.244 e. The van der Waals surface area contributed by atoms with Crippen LogP contribution in [-0.2, 0) is 11.3 Å². The number of furan rings is 1. The molecule has 1 heterocycles. The van der Waals surface area contributed by atoms with Gasteiger partial charge in [-0.1, -0.05) is 42.5 Å².